The van der Waals surface area contributed by atoms with E-state index in [0.29, 0.717) is 44.1 Å². The van der Waals surface area contributed by atoms with Gasteiger partial charge >= 0.3 is 12.1 Å². The van der Waals surface area contributed by atoms with E-state index in [0.717, 1.165) is 43.6 Å². The van der Waals surface area contributed by atoms with Gasteiger partial charge in [-0.2, -0.15) is 15.2 Å². The molecule has 1 aromatic heterocycles. The number of carbonyl (C=O) groups is 1. The number of hydrogen-bond acceptors (Lipinski definition) is 8. The van der Waals surface area contributed by atoms with Gasteiger partial charge < -0.3 is 29.4 Å². The van der Waals surface area contributed by atoms with Gasteiger partial charge in [0.1, 0.15) is 18.5 Å². The van der Waals surface area contributed by atoms with Gasteiger partial charge in [0.15, 0.2) is 0 Å². The summed E-state index contributed by atoms with van der Waals surface area (Å²) in [6.07, 6.45) is 1.95. The quantitative estimate of drug-likeness (QED) is 0.534. The van der Waals surface area contributed by atoms with Crippen LogP contribution in [0.25, 0.3) is 10.8 Å². The van der Waals surface area contributed by atoms with Crippen LogP contribution in [0.3, 0.4) is 0 Å². The van der Waals surface area contributed by atoms with Gasteiger partial charge in [0.05, 0.1) is 24.9 Å². The van der Waals surface area contributed by atoms with Crippen molar-refractivity contribution in [2.45, 2.75) is 37.9 Å². The Labute approximate surface area is 228 Å². The highest BCUT2D eigenvalue weighted by Crippen LogP contribution is 2.35. The number of nitrogens with zero attached hydrogens (tertiary/aromatic N) is 7. The van der Waals surface area contributed by atoms with Gasteiger partial charge in [-0.05, 0) is 44.3 Å². The summed E-state index contributed by atoms with van der Waals surface area (Å²) in [5.74, 6) is 0.698. The van der Waals surface area contributed by atoms with Crippen LogP contribution in [-0.4, -0.2) is 89.4 Å². The number of aromatic nitrogens is 2. The van der Waals surface area contributed by atoms with Crippen molar-refractivity contribution in [2.75, 3.05) is 56.2 Å². The number of piperazine rings is 1. The number of rotatable bonds is 5. The van der Waals surface area contributed by atoms with Crippen LogP contribution in [0.15, 0.2) is 42.5 Å². The van der Waals surface area contributed by atoms with Crippen molar-refractivity contribution in [2.24, 2.45) is 0 Å². The predicted octanol–water partition coefficient (Wildman–Crippen LogP) is 3.36. The molecule has 4 heterocycles. The average molecular weight is 528 g/mol. The number of benzene rings is 2. The Bertz CT molecular complexity index is 1420. The number of ether oxygens (including phenoxy) is 1. The Hall–Kier alpha value is -4.10. The van der Waals surface area contributed by atoms with E-state index in [4.69, 9.17) is 14.7 Å². The molecule has 10 heteroatoms. The number of amides is 1. The first kappa shape index (κ1) is 25.2. The maximum absolute atomic E-state index is 11.6. The highest BCUT2D eigenvalue weighted by Gasteiger charge is 2.34. The Morgan fingerprint density at radius 2 is 1.97 bits per heavy atom. The van der Waals surface area contributed by atoms with Crippen molar-refractivity contribution < 1.29 is 14.6 Å². The van der Waals surface area contributed by atoms with Crippen LogP contribution in [0.2, 0.25) is 0 Å². The highest BCUT2D eigenvalue weighted by atomic mass is 16.5. The lowest BCUT2D eigenvalue weighted by Crippen LogP contribution is -2.55. The zero-order valence-corrected chi connectivity index (χ0v) is 22.2. The number of carboxylic acid groups (broad SMARTS) is 1. The number of likely N-dealkylation sites (tertiary alicyclic amines) is 1. The third-order valence-electron chi connectivity index (χ3n) is 8.28. The molecule has 0 saturated carbocycles. The van der Waals surface area contributed by atoms with E-state index in [2.05, 4.69) is 65.4 Å². The third-order valence-corrected chi connectivity index (χ3v) is 8.28. The van der Waals surface area contributed by atoms with Crippen LogP contribution < -0.4 is 14.5 Å². The van der Waals surface area contributed by atoms with Crippen molar-refractivity contribution in [3.8, 4) is 12.1 Å². The van der Waals surface area contributed by atoms with Crippen molar-refractivity contribution in [1.82, 2.24) is 19.8 Å². The number of fused-ring (bicyclic) bond motifs is 2. The van der Waals surface area contributed by atoms with Gasteiger partial charge in [0, 0.05) is 42.3 Å². The third kappa shape index (κ3) is 4.90. The van der Waals surface area contributed by atoms with E-state index >= 15 is 0 Å². The Morgan fingerprint density at radius 3 is 2.77 bits per heavy atom. The molecule has 6 rings (SSSR count). The van der Waals surface area contributed by atoms with Gasteiger partial charge in [-0.1, -0.05) is 36.4 Å². The standard InChI is InChI=1S/C29H33N7O3/c1-33-12-5-8-21(33)19-39-28-31-25-18-34(26-10-4-7-20-6-2-3-9-23(20)26)13-11-24(25)27(32-28)36-15-14-35(29(37)38)17-22(36)16-30/h2-4,6-7,9-10,21-22H,5,8,11-15,17-19H2,1H3,(H,37,38)/t21-,22-/m0/s1. The van der Waals surface area contributed by atoms with Gasteiger partial charge in [-0.3, -0.25) is 0 Å². The Morgan fingerprint density at radius 1 is 1.13 bits per heavy atom. The normalized spacial score (nSPS) is 21.6. The smallest absolute Gasteiger partial charge is 0.407 e. The summed E-state index contributed by atoms with van der Waals surface area (Å²) in [5, 5.41) is 21.9. The molecule has 1 N–H and O–H groups in total. The van der Waals surface area contributed by atoms with Gasteiger partial charge in [-0.15, -0.1) is 0 Å². The van der Waals surface area contributed by atoms with Crippen molar-refractivity contribution in [3.63, 3.8) is 0 Å². The SMILES string of the molecule is CN1CCC[C@H]1COc1nc2c(c(N3CCN(C(=O)O)C[C@@H]3C#N)n1)CCN(c1cccc3ccccc13)C2. The number of nitriles is 1. The number of likely N-dealkylation sites (N-methyl/N-ethyl adjacent to an activating group) is 1. The van der Waals surface area contributed by atoms with Crippen molar-refractivity contribution in [3.05, 3.63) is 53.7 Å². The number of anilines is 2. The molecule has 2 atom stereocenters. The van der Waals surface area contributed by atoms with E-state index in [1.165, 1.54) is 21.4 Å². The second-order valence-corrected chi connectivity index (χ2v) is 10.6. The molecule has 202 valence electrons. The second-order valence-electron chi connectivity index (χ2n) is 10.6. The molecule has 0 radical (unpaired) electrons. The molecule has 0 aliphatic carbocycles. The van der Waals surface area contributed by atoms with E-state index in [-0.39, 0.29) is 6.54 Å². The minimum absolute atomic E-state index is 0.121. The molecule has 1 amide bonds. The molecule has 2 fully saturated rings. The summed E-state index contributed by atoms with van der Waals surface area (Å²) in [6.45, 7) is 3.79. The fourth-order valence-electron chi connectivity index (χ4n) is 6.06. The Balaban J connectivity index is 1.35. The monoisotopic (exact) mass is 527 g/mol. The molecule has 3 aromatic rings. The molecule has 2 aromatic carbocycles. The summed E-state index contributed by atoms with van der Waals surface area (Å²) >= 11 is 0. The zero-order valence-electron chi connectivity index (χ0n) is 22.2. The van der Waals surface area contributed by atoms with Gasteiger partial charge in [0.2, 0.25) is 0 Å². The van der Waals surface area contributed by atoms with E-state index in [1.807, 2.05) is 4.90 Å². The molecule has 10 nitrogen and oxygen atoms in total. The van der Waals surface area contributed by atoms with Crippen molar-refractivity contribution >= 4 is 28.4 Å². The van der Waals surface area contributed by atoms with Crippen LogP contribution >= 0.6 is 0 Å². The van der Waals surface area contributed by atoms with E-state index in [9.17, 15) is 15.2 Å². The molecule has 3 aliphatic rings. The second kappa shape index (κ2) is 10.6. The van der Waals surface area contributed by atoms with Crippen LogP contribution in [0.1, 0.15) is 24.1 Å². The lowest BCUT2D eigenvalue weighted by atomic mass is 10.0. The highest BCUT2D eigenvalue weighted by molar-refractivity contribution is 5.94. The lowest BCUT2D eigenvalue weighted by Gasteiger charge is -2.40. The average Bonchev–Trinajstić information content (AvgIpc) is 3.39. The van der Waals surface area contributed by atoms with Gasteiger partial charge in [-0.25, -0.2) is 4.79 Å². The molecule has 0 bridgehead atoms. The minimum Gasteiger partial charge on any atom is -0.465 e. The largest absolute Gasteiger partial charge is 0.465 e. The topological polar surface area (TPSA) is 109 Å². The zero-order chi connectivity index (χ0) is 26.9. The Kier molecular flexibility index (Phi) is 6.83. The molecule has 0 unspecified atom stereocenters. The molecular weight excluding hydrogens is 494 g/mol. The predicted molar refractivity (Wildman–Crippen MR) is 148 cm³/mol. The first-order valence-corrected chi connectivity index (χ1v) is 13.6. The summed E-state index contributed by atoms with van der Waals surface area (Å²) in [7, 11) is 2.11. The first-order valence-electron chi connectivity index (χ1n) is 13.6. The molecule has 2 saturated heterocycles. The fraction of sp³-hybridized carbons (Fsp3) is 0.448. The molecule has 3 aliphatic heterocycles. The molecule has 39 heavy (non-hydrogen) atoms. The number of hydrogen-bond donors (Lipinski definition) is 1. The van der Waals surface area contributed by atoms with E-state index in [1.54, 1.807) is 0 Å². The van der Waals surface area contributed by atoms with Gasteiger partial charge in [0.25, 0.3) is 0 Å². The van der Waals surface area contributed by atoms with Crippen molar-refractivity contribution in [1.29, 1.82) is 5.26 Å². The summed E-state index contributed by atoms with van der Waals surface area (Å²) < 4.78 is 6.20. The van der Waals surface area contributed by atoms with Crippen LogP contribution in [0.4, 0.5) is 16.3 Å². The van der Waals surface area contributed by atoms with E-state index < -0.39 is 12.1 Å². The van der Waals surface area contributed by atoms with Crippen LogP contribution in [-0.2, 0) is 13.0 Å². The maximum atomic E-state index is 11.6. The summed E-state index contributed by atoms with van der Waals surface area (Å²) in [4.78, 5) is 29.2. The minimum atomic E-state index is -1.00. The molecular formula is C29H33N7O3. The summed E-state index contributed by atoms with van der Waals surface area (Å²) in [5.41, 5.74) is 3.08. The van der Waals surface area contributed by atoms with Crippen LogP contribution in [0.5, 0.6) is 6.01 Å². The fourth-order valence-corrected chi connectivity index (χ4v) is 6.06. The maximum Gasteiger partial charge on any atom is 0.407 e. The lowest BCUT2D eigenvalue weighted by molar-refractivity contribution is 0.138. The first-order chi connectivity index (χ1) is 19.0. The summed E-state index contributed by atoms with van der Waals surface area (Å²) in [6, 6.07) is 17.1. The van der Waals surface area contributed by atoms with Crippen LogP contribution in [0, 0.1) is 11.3 Å². The molecule has 0 spiro atoms.